The molecule has 0 amide bonds. The zero-order valence-electron chi connectivity index (χ0n) is 21.4. The number of aryl methyl sites for hydroxylation is 1. The van der Waals surface area contributed by atoms with Crippen LogP contribution in [-0.4, -0.2) is 61.0 Å². The van der Waals surface area contributed by atoms with Gasteiger partial charge in [0.15, 0.2) is 12.6 Å². The first kappa shape index (κ1) is 26.4. The third-order valence-electron chi connectivity index (χ3n) is 6.45. The van der Waals surface area contributed by atoms with Gasteiger partial charge in [0.1, 0.15) is 29.0 Å². The molecule has 200 valence electrons. The van der Waals surface area contributed by atoms with E-state index < -0.39 is 16.8 Å². The quantitative estimate of drug-likeness (QED) is 0.194. The highest BCUT2D eigenvalue weighted by Crippen LogP contribution is 2.37. The molecule has 1 unspecified atom stereocenters. The Bertz CT molecular complexity index is 1540. The Hall–Kier alpha value is -3.25. The zero-order chi connectivity index (χ0) is 26.8. The van der Waals surface area contributed by atoms with Crippen molar-refractivity contribution in [3.05, 3.63) is 52.1 Å². The number of hydrogen-bond acceptors (Lipinski definition) is 9. The summed E-state index contributed by atoms with van der Waals surface area (Å²) in [7, 11) is 1.51. The first-order valence-electron chi connectivity index (χ1n) is 12.3. The molecule has 4 aromatic rings. The number of halogens is 1. The lowest BCUT2D eigenvalue weighted by Gasteiger charge is -2.22. The van der Waals surface area contributed by atoms with E-state index in [9.17, 15) is 13.7 Å². The molecule has 38 heavy (non-hydrogen) atoms. The van der Waals surface area contributed by atoms with Crippen molar-refractivity contribution in [3.8, 4) is 17.1 Å². The Morgan fingerprint density at radius 2 is 2.00 bits per heavy atom. The van der Waals surface area contributed by atoms with Gasteiger partial charge >= 0.3 is 10.8 Å². The van der Waals surface area contributed by atoms with Crippen LogP contribution in [0.15, 0.2) is 44.7 Å². The molecule has 9 nitrogen and oxygen atoms in total. The van der Waals surface area contributed by atoms with E-state index in [1.807, 2.05) is 11.8 Å². The molecule has 0 N–H and O–H groups in total. The maximum atomic E-state index is 14.9. The molecule has 1 atom stereocenters. The maximum Gasteiger partial charge on any atom is 0.349 e. The lowest BCUT2D eigenvalue weighted by molar-refractivity contribution is 0.0512. The Balaban J connectivity index is 1.78. The number of methoxy groups -OCH3 is 1. The molecular formula is C27H28FN3O6S. The van der Waals surface area contributed by atoms with Gasteiger partial charge in [0.25, 0.3) is 0 Å². The third-order valence-corrected chi connectivity index (χ3v) is 7.15. The molecular weight excluding hydrogens is 513 g/mol. The van der Waals surface area contributed by atoms with Gasteiger partial charge in [-0.05, 0) is 47.4 Å². The normalized spacial score (nSPS) is 15.1. The van der Waals surface area contributed by atoms with Crippen LogP contribution in [0, 0.1) is 5.82 Å². The van der Waals surface area contributed by atoms with E-state index in [1.165, 1.54) is 19.4 Å². The zero-order valence-corrected chi connectivity index (χ0v) is 22.2. The molecule has 0 spiro atoms. The summed E-state index contributed by atoms with van der Waals surface area (Å²) in [6.07, 6.45) is 2.67. The Morgan fingerprint density at radius 1 is 1.16 bits per heavy atom. The van der Waals surface area contributed by atoms with E-state index in [0.29, 0.717) is 66.3 Å². The van der Waals surface area contributed by atoms with Crippen LogP contribution in [0.2, 0.25) is 0 Å². The summed E-state index contributed by atoms with van der Waals surface area (Å²) in [5, 5.41) is 1.63. The second-order valence-electron chi connectivity index (χ2n) is 8.89. The van der Waals surface area contributed by atoms with Crippen molar-refractivity contribution >= 4 is 38.7 Å². The highest BCUT2D eigenvalue weighted by molar-refractivity contribution is 7.90. The van der Waals surface area contributed by atoms with Crippen LogP contribution in [-0.2, 0) is 27.1 Å². The van der Waals surface area contributed by atoms with E-state index in [1.54, 1.807) is 24.3 Å². The van der Waals surface area contributed by atoms with Gasteiger partial charge in [-0.3, -0.25) is 0 Å². The summed E-state index contributed by atoms with van der Waals surface area (Å²) in [4.78, 5) is 24.4. The third kappa shape index (κ3) is 5.06. The molecule has 0 radical (unpaired) electrons. The Kier molecular flexibility index (Phi) is 7.80. The average Bonchev–Trinajstić information content (AvgIpc) is 3.20. The SMILES string of the molecule is CCc1c(F)ccc2cc(OCOC)cc(-c3cc4nc([S+](C)[O-])nc(N5CCCOCC5)c4c(=O)o3)c12. The van der Waals surface area contributed by atoms with Crippen LogP contribution < -0.4 is 15.3 Å². The second kappa shape index (κ2) is 11.2. The number of nitrogens with zero attached hydrogens (tertiary/aromatic N) is 3. The predicted octanol–water partition coefficient (Wildman–Crippen LogP) is 4.05. The van der Waals surface area contributed by atoms with Crippen LogP contribution >= 0.6 is 0 Å². The number of hydrogen-bond donors (Lipinski definition) is 0. The molecule has 2 aromatic carbocycles. The molecule has 5 rings (SSSR count). The lowest BCUT2D eigenvalue weighted by Crippen LogP contribution is -2.29. The van der Waals surface area contributed by atoms with Crippen molar-refractivity contribution < 1.29 is 27.6 Å². The fourth-order valence-electron chi connectivity index (χ4n) is 4.74. The van der Waals surface area contributed by atoms with Crippen molar-refractivity contribution in [2.24, 2.45) is 0 Å². The molecule has 0 bridgehead atoms. The van der Waals surface area contributed by atoms with Gasteiger partial charge in [-0.15, -0.1) is 0 Å². The van der Waals surface area contributed by atoms with Crippen LogP contribution in [0.25, 0.3) is 33.0 Å². The molecule has 0 aliphatic carbocycles. The minimum Gasteiger partial charge on any atom is -0.609 e. The van der Waals surface area contributed by atoms with E-state index in [0.717, 1.165) is 11.8 Å². The highest BCUT2D eigenvalue weighted by Gasteiger charge is 2.25. The van der Waals surface area contributed by atoms with E-state index in [4.69, 9.17) is 18.6 Å². The van der Waals surface area contributed by atoms with Gasteiger partial charge < -0.3 is 28.1 Å². The minimum atomic E-state index is -1.50. The molecule has 11 heteroatoms. The van der Waals surface area contributed by atoms with Gasteiger partial charge in [-0.1, -0.05) is 13.0 Å². The van der Waals surface area contributed by atoms with Gasteiger partial charge in [0.2, 0.25) is 0 Å². The summed E-state index contributed by atoms with van der Waals surface area (Å²) in [6, 6.07) is 8.17. The monoisotopic (exact) mass is 541 g/mol. The van der Waals surface area contributed by atoms with E-state index in [-0.39, 0.29) is 28.9 Å². The summed E-state index contributed by atoms with van der Waals surface area (Å²) in [6.45, 7) is 4.09. The number of rotatable bonds is 7. The molecule has 1 aliphatic rings. The molecule has 0 saturated carbocycles. The van der Waals surface area contributed by atoms with Crippen molar-refractivity contribution in [1.29, 1.82) is 0 Å². The minimum absolute atomic E-state index is 0.0102. The topological polar surface area (TPSA) is 110 Å². The van der Waals surface area contributed by atoms with Crippen LogP contribution in [0.3, 0.4) is 0 Å². The lowest BCUT2D eigenvalue weighted by atomic mass is 9.95. The van der Waals surface area contributed by atoms with Crippen molar-refractivity contribution in [2.45, 2.75) is 24.9 Å². The number of benzene rings is 2. The molecule has 2 aromatic heterocycles. The standard InChI is InChI=1S/C27H28FN3O6S/c1-4-18-20(28)7-6-16-12-17(36-15-34-2)13-19(23(16)18)22-14-21-24(26(32)37-22)25(30-27(29-21)38(3)33)31-8-5-10-35-11-9-31/h6-7,12-14H,4-5,8-11,15H2,1-3H3. The van der Waals surface area contributed by atoms with Crippen molar-refractivity contribution in [2.75, 3.05) is 51.4 Å². The van der Waals surface area contributed by atoms with E-state index >= 15 is 0 Å². The number of anilines is 1. The molecule has 1 saturated heterocycles. The number of fused-ring (bicyclic) bond motifs is 2. The Labute approximate surface area is 221 Å². The van der Waals surface area contributed by atoms with Gasteiger partial charge in [0, 0.05) is 49.6 Å². The first-order valence-corrected chi connectivity index (χ1v) is 13.9. The van der Waals surface area contributed by atoms with Crippen LogP contribution in [0.5, 0.6) is 5.75 Å². The summed E-state index contributed by atoms with van der Waals surface area (Å²) < 4.78 is 49.5. The molecule has 1 aliphatic heterocycles. The van der Waals surface area contributed by atoms with Gasteiger partial charge in [-0.2, -0.15) is 9.97 Å². The largest absolute Gasteiger partial charge is 0.609 e. The molecule has 1 fully saturated rings. The first-order chi connectivity index (χ1) is 18.4. The van der Waals surface area contributed by atoms with Gasteiger partial charge in [0.05, 0.1) is 12.1 Å². The van der Waals surface area contributed by atoms with Crippen molar-refractivity contribution in [1.82, 2.24) is 9.97 Å². The Morgan fingerprint density at radius 3 is 2.76 bits per heavy atom. The maximum absolute atomic E-state index is 14.9. The van der Waals surface area contributed by atoms with Crippen LogP contribution in [0.4, 0.5) is 10.2 Å². The summed E-state index contributed by atoms with van der Waals surface area (Å²) in [5.74, 6) is 0.668. The predicted molar refractivity (Wildman–Crippen MR) is 143 cm³/mol. The van der Waals surface area contributed by atoms with Crippen LogP contribution in [0.1, 0.15) is 18.9 Å². The van der Waals surface area contributed by atoms with Gasteiger partial charge in [-0.25, -0.2) is 9.18 Å². The highest BCUT2D eigenvalue weighted by atomic mass is 32.2. The average molecular weight is 542 g/mol. The summed E-state index contributed by atoms with van der Waals surface area (Å²) >= 11 is -1.50. The van der Waals surface area contributed by atoms with E-state index in [2.05, 4.69) is 9.97 Å². The fourth-order valence-corrected chi connectivity index (χ4v) is 5.18. The van der Waals surface area contributed by atoms with Crippen molar-refractivity contribution in [3.63, 3.8) is 0 Å². The fraction of sp³-hybridized carbons (Fsp3) is 0.370. The second-order valence-corrected chi connectivity index (χ2v) is 10.2. The smallest absolute Gasteiger partial charge is 0.349 e. The number of ether oxygens (including phenoxy) is 3. The summed E-state index contributed by atoms with van der Waals surface area (Å²) in [5.41, 5.74) is 0.618. The molecule has 3 heterocycles. The number of aromatic nitrogens is 2.